The Hall–Kier alpha value is -2.66. The van der Waals surface area contributed by atoms with E-state index in [4.69, 9.17) is 0 Å². The molecule has 0 aliphatic carbocycles. The summed E-state index contributed by atoms with van der Waals surface area (Å²) in [6, 6.07) is 18.2. The molecule has 27 heavy (non-hydrogen) atoms. The van der Waals surface area contributed by atoms with Crippen molar-refractivity contribution in [3.63, 3.8) is 0 Å². The lowest BCUT2D eigenvalue weighted by atomic mass is 9.90. The zero-order chi connectivity index (χ0) is 18.6. The zero-order valence-corrected chi connectivity index (χ0v) is 15.5. The van der Waals surface area contributed by atoms with Gasteiger partial charge in [-0.1, -0.05) is 42.5 Å². The van der Waals surface area contributed by atoms with Gasteiger partial charge in [0.05, 0.1) is 24.5 Å². The Morgan fingerprint density at radius 2 is 1.74 bits per heavy atom. The van der Waals surface area contributed by atoms with Gasteiger partial charge in [0, 0.05) is 0 Å². The van der Waals surface area contributed by atoms with Crippen molar-refractivity contribution in [2.24, 2.45) is 5.92 Å². The number of carbonyl (C=O) groups excluding carboxylic acids is 2. The lowest BCUT2D eigenvalue weighted by molar-refractivity contribution is -0.898. The number of hydrogen-bond acceptors (Lipinski definition) is 2. The van der Waals surface area contributed by atoms with E-state index >= 15 is 0 Å². The summed E-state index contributed by atoms with van der Waals surface area (Å²) >= 11 is 0. The fourth-order valence-corrected chi connectivity index (χ4v) is 4.18. The summed E-state index contributed by atoms with van der Waals surface area (Å²) < 4.78 is 0. The van der Waals surface area contributed by atoms with E-state index in [-0.39, 0.29) is 18.4 Å². The highest BCUT2D eigenvalue weighted by Gasteiger charge is 2.30. The topological polar surface area (TPSA) is 53.9 Å². The molecule has 0 aromatic heterocycles. The summed E-state index contributed by atoms with van der Waals surface area (Å²) in [5, 5.41) is 2.84. The molecule has 2 amide bonds. The molecule has 2 heterocycles. The van der Waals surface area contributed by atoms with Gasteiger partial charge in [-0.25, -0.2) is 0 Å². The fraction of sp³-hybridized carbons (Fsp3) is 0.364. The first-order valence-electron chi connectivity index (χ1n) is 9.76. The molecular formula is C22H26N3O2+. The van der Waals surface area contributed by atoms with Crippen LogP contribution in [0.25, 0.3) is 0 Å². The third-order valence-electron chi connectivity index (χ3n) is 5.65. The number of piperidine rings is 1. The van der Waals surface area contributed by atoms with Gasteiger partial charge in [0.1, 0.15) is 6.54 Å². The Balaban J connectivity index is 1.33. The van der Waals surface area contributed by atoms with E-state index in [9.17, 15) is 9.59 Å². The van der Waals surface area contributed by atoms with E-state index in [1.807, 2.05) is 24.3 Å². The maximum absolute atomic E-state index is 12.9. The Bertz CT molecular complexity index is 813. The summed E-state index contributed by atoms with van der Waals surface area (Å²) in [7, 11) is 0. The molecule has 140 valence electrons. The van der Waals surface area contributed by atoms with Crippen molar-refractivity contribution in [3.05, 3.63) is 60.2 Å². The van der Waals surface area contributed by atoms with Crippen LogP contribution in [0.15, 0.2) is 54.6 Å². The van der Waals surface area contributed by atoms with Gasteiger partial charge in [-0.3, -0.25) is 14.5 Å². The van der Waals surface area contributed by atoms with Crippen molar-refractivity contribution in [1.82, 2.24) is 0 Å². The van der Waals surface area contributed by atoms with E-state index in [1.165, 1.54) is 10.5 Å². The van der Waals surface area contributed by atoms with Crippen LogP contribution >= 0.6 is 0 Å². The Kier molecular flexibility index (Phi) is 5.21. The highest BCUT2D eigenvalue weighted by Crippen LogP contribution is 2.28. The first-order chi connectivity index (χ1) is 13.2. The number of amides is 2. The molecule has 2 aliphatic rings. The van der Waals surface area contributed by atoms with E-state index in [0.717, 1.165) is 43.7 Å². The second-order valence-corrected chi connectivity index (χ2v) is 7.61. The van der Waals surface area contributed by atoms with Crippen LogP contribution < -0.4 is 15.1 Å². The first kappa shape index (κ1) is 17.7. The average molecular weight is 364 g/mol. The second-order valence-electron chi connectivity index (χ2n) is 7.61. The maximum Gasteiger partial charge on any atom is 0.282 e. The molecule has 5 nitrogen and oxygen atoms in total. The van der Waals surface area contributed by atoms with Crippen molar-refractivity contribution in [3.8, 4) is 0 Å². The minimum atomic E-state index is -0.126. The molecule has 1 fully saturated rings. The molecule has 2 N–H and O–H groups in total. The largest absolute Gasteiger partial charge is 0.327 e. The second kappa shape index (κ2) is 7.92. The smallest absolute Gasteiger partial charge is 0.282 e. The van der Waals surface area contributed by atoms with Crippen LogP contribution in [0.4, 0.5) is 11.4 Å². The minimum absolute atomic E-state index is 0.0359. The average Bonchev–Trinajstić information content (AvgIpc) is 2.69. The molecule has 4 rings (SSSR count). The Morgan fingerprint density at radius 1 is 1.04 bits per heavy atom. The van der Waals surface area contributed by atoms with Crippen molar-refractivity contribution >= 4 is 23.2 Å². The maximum atomic E-state index is 12.9. The molecule has 2 aromatic rings. The van der Waals surface area contributed by atoms with Crippen LogP contribution in [0, 0.1) is 5.92 Å². The predicted molar refractivity (Wildman–Crippen MR) is 106 cm³/mol. The van der Waals surface area contributed by atoms with Gasteiger partial charge in [0.25, 0.3) is 5.91 Å². The van der Waals surface area contributed by atoms with Gasteiger partial charge in [-0.15, -0.1) is 0 Å². The lowest BCUT2D eigenvalue weighted by Crippen LogP contribution is -3.14. The van der Waals surface area contributed by atoms with Crippen molar-refractivity contribution in [2.75, 3.05) is 36.4 Å². The summed E-state index contributed by atoms with van der Waals surface area (Å²) in [6.45, 7) is 2.61. The fourth-order valence-electron chi connectivity index (χ4n) is 4.18. The van der Waals surface area contributed by atoms with Crippen LogP contribution in [-0.4, -0.2) is 38.0 Å². The molecule has 0 spiro atoms. The van der Waals surface area contributed by atoms with Gasteiger partial charge in [0.15, 0.2) is 6.54 Å². The van der Waals surface area contributed by atoms with Crippen molar-refractivity contribution in [2.45, 2.75) is 19.3 Å². The minimum Gasteiger partial charge on any atom is -0.327 e. The molecule has 0 unspecified atom stereocenters. The number of nitrogens with zero attached hydrogens (tertiary/aromatic N) is 1. The van der Waals surface area contributed by atoms with Gasteiger partial charge in [0.2, 0.25) is 5.91 Å². The molecule has 0 atom stereocenters. The number of anilines is 2. The van der Waals surface area contributed by atoms with Crippen LogP contribution in [0.5, 0.6) is 0 Å². The monoisotopic (exact) mass is 364 g/mol. The van der Waals surface area contributed by atoms with E-state index in [1.54, 1.807) is 4.90 Å². The zero-order valence-electron chi connectivity index (χ0n) is 15.5. The van der Waals surface area contributed by atoms with Crippen LogP contribution in [0.1, 0.15) is 18.4 Å². The normalized spacial score (nSPS) is 22.1. The number of quaternary nitrogens is 1. The Morgan fingerprint density at radius 3 is 2.52 bits per heavy atom. The third kappa shape index (κ3) is 4.19. The van der Waals surface area contributed by atoms with E-state index in [0.29, 0.717) is 12.5 Å². The quantitative estimate of drug-likeness (QED) is 0.864. The number of rotatable bonds is 4. The van der Waals surface area contributed by atoms with Gasteiger partial charge in [-0.2, -0.15) is 0 Å². The summed E-state index contributed by atoms with van der Waals surface area (Å²) in [5.74, 6) is 0.611. The predicted octanol–water partition coefficient (Wildman–Crippen LogP) is 1.51. The van der Waals surface area contributed by atoms with Crippen LogP contribution in [0.3, 0.4) is 0 Å². The molecule has 0 bridgehead atoms. The molecule has 0 saturated carbocycles. The van der Waals surface area contributed by atoms with Crippen LogP contribution in [-0.2, 0) is 16.0 Å². The van der Waals surface area contributed by atoms with Crippen molar-refractivity contribution in [1.29, 1.82) is 0 Å². The number of benzene rings is 2. The van der Waals surface area contributed by atoms with E-state index in [2.05, 4.69) is 35.6 Å². The number of nitrogens with one attached hydrogen (secondary N) is 2. The van der Waals surface area contributed by atoms with Gasteiger partial charge < -0.3 is 10.2 Å². The van der Waals surface area contributed by atoms with Gasteiger partial charge in [-0.05, 0) is 42.9 Å². The molecule has 0 radical (unpaired) electrons. The molecule has 1 saturated heterocycles. The molecular weight excluding hydrogens is 338 g/mol. The number of fused-ring (bicyclic) bond motifs is 1. The number of hydrogen-bond donors (Lipinski definition) is 2. The summed E-state index contributed by atoms with van der Waals surface area (Å²) in [4.78, 5) is 27.8. The highest BCUT2D eigenvalue weighted by molar-refractivity contribution is 6.10. The molecule has 5 heteroatoms. The number of likely N-dealkylation sites (tertiary alicyclic amines) is 1. The summed E-state index contributed by atoms with van der Waals surface area (Å²) in [5.41, 5.74) is 2.93. The van der Waals surface area contributed by atoms with Gasteiger partial charge >= 0.3 is 0 Å². The van der Waals surface area contributed by atoms with Crippen molar-refractivity contribution < 1.29 is 14.5 Å². The highest BCUT2D eigenvalue weighted by atomic mass is 16.2. The SMILES string of the molecule is O=C1CN(C(=O)C[NH+]2CCC(Cc3ccccc3)CC2)c2ccccc2N1. The third-order valence-corrected chi connectivity index (χ3v) is 5.65. The molecule has 2 aliphatic heterocycles. The number of para-hydroxylation sites is 2. The summed E-state index contributed by atoms with van der Waals surface area (Å²) in [6.07, 6.45) is 3.42. The standard InChI is InChI=1S/C22H25N3O2/c26-21-15-25(20-9-5-4-8-19(20)23-21)22(27)16-24-12-10-18(11-13-24)14-17-6-2-1-3-7-17/h1-9,18H,10-16H2,(H,23,26)/p+1. The number of carbonyl (C=O) groups is 2. The van der Waals surface area contributed by atoms with Crippen LogP contribution in [0.2, 0.25) is 0 Å². The molecule has 2 aromatic carbocycles. The van der Waals surface area contributed by atoms with E-state index < -0.39 is 0 Å². The Labute approximate surface area is 160 Å². The first-order valence-corrected chi connectivity index (χ1v) is 9.76. The lowest BCUT2D eigenvalue weighted by Gasteiger charge is -2.32.